The number of amides is 2. The van der Waals surface area contributed by atoms with Gasteiger partial charge in [0.1, 0.15) is 9.33 Å². The second-order valence-electron chi connectivity index (χ2n) is 6.22. The van der Waals surface area contributed by atoms with Crippen LogP contribution in [0.25, 0.3) is 6.08 Å². The number of anilines is 1. The third-order valence-corrected chi connectivity index (χ3v) is 6.33. The van der Waals surface area contributed by atoms with Crippen LogP contribution in [0.3, 0.4) is 0 Å². The zero-order valence-corrected chi connectivity index (χ0v) is 19.7. The van der Waals surface area contributed by atoms with Gasteiger partial charge in [0.2, 0.25) is 16.8 Å². The molecule has 164 valence electrons. The molecule has 12 heteroatoms. The van der Waals surface area contributed by atoms with Crippen LogP contribution in [0.2, 0.25) is 0 Å². The molecular weight excluding hydrogens is 460 g/mol. The first-order chi connectivity index (χ1) is 14.9. The molecule has 2 amide bonds. The highest BCUT2D eigenvalue weighted by atomic mass is 32.2. The SMILES string of the molecule is COc1cc(C=C2SC(=S)N(CCC(=O)Nc3nnc(C)s3)C2=O)cc(OC)c1OC. The Hall–Kier alpha value is -2.70. The summed E-state index contributed by atoms with van der Waals surface area (Å²) in [6.45, 7) is 1.97. The molecule has 0 radical (unpaired) electrons. The van der Waals surface area contributed by atoms with Gasteiger partial charge in [0.25, 0.3) is 5.91 Å². The van der Waals surface area contributed by atoms with E-state index in [1.54, 1.807) is 25.1 Å². The van der Waals surface area contributed by atoms with Crippen LogP contribution in [0, 0.1) is 6.92 Å². The molecule has 0 unspecified atom stereocenters. The van der Waals surface area contributed by atoms with Crippen LogP contribution in [-0.4, -0.2) is 59.1 Å². The van der Waals surface area contributed by atoms with Crippen molar-refractivity contribution in [3.63, 3.8) is 0 Å². The van der Waals surface area contributed by atoms with Crippen LogP contribution >= 0.6 is 35.3 Å². The highest BCUT2D eigenvalue weighted by Gasteiger charge is 2.32. The molecule has 1 aromatic carbocycles. The Morgan fingerprint density at radius 1 is 1.19 bits per heavy atom. The van der Waals surface area contributed by atoms with Gasteiger partial charge in [0.15, 0.2) is 11.5 Å². The second-order valence-corrected chi connectivity index (χ2v) is 9.07. The van der Waals surface area contributed by atoms with Gasteiger partial charge in [-0.15, -0.1) is 10.2 Å². The average Bonchev–Trinajstić information content (AvgIpc) is 3.27. The zero-order chi connectivity index (χ0) is 22.5. The molecule has 0 atom stereocenters. The van der Waals surface area contributed by atoms with Crippen LogP contribution in [0.5, 0.6) is 17.2 Å². The predicted octanol–water partition coefficient (Wildman–Crippen LogP) is 3.10. The lowest BCUT2D eigenvalue weighted by atomic mass is 10.1. The molecular formula is C19H20N4O5S3. The van der Waals surface area contributed by atoms with Crippen molar-refractivity contribution in [2.75, 3.05) is 33.2 Å². The van der Waals surface area contributed by atoms with Crippen molar-refractivity contribution in [3.8, 4) is 17.2 Å². The van der Waals surface area contributed by atoms with Crippen LogP contribution < -0.4 is 19.5 Å². The smallest absolute Gasteiger partial charge is 0.266 e. The number of benzene rings is 1. The maximum Gasteiger partial charge on any atom is 0.266 e. The number of carbonyl (C=O) groups is 2. The van der Waals surface area contributed by atoms with Gasteiger partial charge in [-0.05, 0) is 30.7 Å². The van der Waals surface area contributed by atoms with Crippen molar-refractivity contribution >= 4 is 62.7 Å². The Kier molecular flexibility index (Phi) is 7.46. The fraction of sp³-hybridized carbons (Fsp3) is 0.316. The molecule has 1 aliphatic heterocycles. The molecule has 1 aromatic heterocycles. The van der Waals surface area contributed by atoms with Crippen molar-refractivity contribution in [3.05, 3.63) is 27.6 Å². The molecule has 2 aromatic rings. The first-order valence-electron chi connectivity index (χ1n) is 9.01. The third kappa shape index (κ3) is 5.32. The number of ether oxygens (including phenoxy) is 3. The number of aryl methyl sites for hydroxylation is 1. The van der Waals surface area contributed by atoms with Crippen molar-refractivity contribution in [1.29, 1.82) is 0 Å². The normalized spacial score (nSPS) is 14.8. The van der Waals surface area contributed by atoms with Crippen LogP contribution in [0.15, 0.2) is 17.0 Å². The molecule has 31 heavy (non-hydrogen) atoms. The fourth-order valence-corrected chi connectivity index (χ4v) is 4.69. The highest BCUT2D eigenvalue weighted by Crippen LogP contribution is 2.40. The topological polar surface area (TPSA) is 103 Å². The molecule has 9 nitrogen and oxygen atoms in total. The van der Waals surface area contributed by atoms with E-state index in [0.29, 0.717) is 37.2 Å². The molecule has 1 N–H and O–H groups in total. The quantitative estimate of drug-likeness (QED) is 0.451. The van der Waals surface area contributed by atoms with Gasteiger partial charge in [0.05, 0.1) is 26.2 Å². The molecule has 0 spiro atoms. The Morgan fingerprint density at radius 2 is 1.87 bits per heavy atom. The lowest BCUT2D eigenvalue weighted by Crippen LogP contribution is -2.31. The Balaban J connectivity index is 1.71. The Labute approximate surface area is 192 Å². The van der Waals surface area contributed by atoms with E-state index >= 15 is 0 Å². The van der Waals surface area contributed by atoms with E-state index in [2.05, 4.69) is 15.5 Å². The molecule has 0 aliphatic carbocycles. The summed E-state index contributed by atoms with van der Waals surface area (Å²) in [7, 11) is 4.57. The summed E-state index contributed by atoms with van der Waals surface area (Å²) in [5, 5.41) is 11.5. The number of thioether (sulfide) groups is 1. The molecule has 3 rings (SSSR count). The fourth-order valence-electron chi connectivity index (χ4n) is 2.77. The number of nitrogens with one attached hydrogen (secondary N) is 1. The highest BCUT2D eigenvalue weighted by molar-refractivity contribution is 8.26. The molecule has 1 saturated heterocycles. The number of rotatable bonds is 8. The number of nitrogens with zero attached hydrogens (tertiary/aromatic N) is 3. The van der Waals surface area contributed by atoms with Gasteiger partial charge in [-0.2, -0.15) is 0 Å². The van der Waals surface area contributed by atoms with E-state index in [1.807, 2.05) is 0 Å². The predicted molar refractivity (Wildman–Crippen MR) is 124 cm³/mol. The van der Waals surface area contributed by atoms with Crippen LogP contribution in [0.4, 0.5) is 5.13 Å². The maximum atomic E-state index is 12.8. The van der Waals surface area contributed by atoms with Gasteiger partial charge in [-0.25, -0.2) is 0 Å². The summed E-state index contributed by atoms with van der Waals surface area (Å²) in [5.74, 6) is 0.896. The van der Waals surface area contributed by atoms with E-state index in [-0.39, 0.29) is 24.8 Å². The van der Waals surface area contributed by atoms with E-state index in [0.717, 1.165) is 5.01 Å². The van der Waals surface area contributed by atoms with Gasteiger partial charge in [-0.1, -0.05) is 35.3 Å². The number of aromatic nitrogens is 2. The molecule has 1 fully saturated rings. The van der Waals surface area contributed by atoms with Gasteiger partial charge < -0.3 is 19.5 Å². The molecule has 0 saturated carbocycles. The van der Waals surface area contributed by atoms with Crippen molar-refractivity contribution in [2.24, 2.45) is 0 Å². The Morgan fingerprint density at radius 3 is 2.42 bits per heavy atom. The second kappa shape index (κ2) is 10.1. The minimum Gasteiger partial charge on any atom is -0.493 e. The van der Waals surface area contributed by atoms with Gasteiger partial charge in [-0.3, -0.25) is 14.5 Å². The van der Waals surface area contributed by atoms with Crippen molar-refractivity contribution in [1.82, 2.24) is 15.1 Å². The number of hydrogen-bond donors (Lipinski definition) is 1. The van der Waals surface area contributed by atoms with E-state index in [9.17, 15) is 9.59 Å². The van der Waals surface area contributed by atoms with Crippen LogP contribution in [-0.2, 0) is 9.59 Å². The maximum absolute atomic E-state index is 12.8. The summed E-state index contributed by atoms with van der Waals surface area (Å²) < 4.78 is 16.4. The van der Waals surface area contributed by atoms with E-state index in [1.165, 1.54) is 49.3 Å². The number of thiocarbonyl (C=S) groups is 1. The first kappa shape index (κ1) is 23.0. The number of carbonyl (C=O) groups excluding carboxylic acids is 2. The monoisotopic (exact) mass is 480 g/mol. The summed E-state index contributed by atoms with van der Waals surface area (Å²) in [6, 6.07) is 3.48. The zero-order valence-electron chi connectivity index (χ0n) is 17.3. The van der Waals surface area contributed by atoms with E-state index in [4.69, 9.17) is 26.4 Å². The van der Waals surface area contributed by atoms with Crippen molar-refractivity contribution in [2.45, 2.75) is 13.3 Å². The summed E-state index contributed by atoms with van der Waals surface area (Å²) >= 11 is 7.80. The summed E-state index contributed by atoms with van der Waals surface area (Å²) in [6.07, 6.45) is 1.79. The third-order valence-electron chi connectivity index (χ3n) is 4.19. The first-order valence-corrected chi connectivity index (χ1v) is 11.1. The minimum atomic E-state index is -0.265. The largest absolute Gasteiger partial charge is 0.493 e. The summed E-state index contributed by atoms with van der Waals surface area (Å²) in [4.78, 5) is 26.8. The molecule has 0 bridgehead atoms. The lowest BCUT2D eigenvalue weighted by molar-refractivity contribution is -0.122. The van der Waals surface area contributed by atoms with E-state index < -0.39 is 0 Å². The summed E-state index contributed by atoms with van der Waals surface area (Å²) in [5.41, 5.74) is 0.694. The minimum absolute atomic E-state index is 0.0858. The number of methoxy groups -OCH3 is 3. The van der Waals surface area contributed by atoms with Gasteiger partial charge >= 0.3 is 0 Å². The van der Waals surface area contributed by atoms with Crippen LogP contribution in [0.1, 0.15) is 17.0 Å². The number of hydrogen-bond acceptors (Lipinski definition) is 10. The van der Waals surface area contributed by atoms with Gasteiger partial charge in [0, 0.05) is 13.0 Å². The van der Waals surface area contributed by atoms with Crippen molar-refractivity contribution < 1.29 is 23.8 Å². The molecule has 2 heterocycles. The molecule has 1 aliphatic rings. The standard InChI is InChI=1S/C19H20N4O5S3/c1-10-21-22-18(30-10)20-15(24)5-6-23-17(25)14(31-19(23)29)9-11-7-12(26-2)16(28-4)13(8-11)27-3/h7-9H,5-6H2,1-4H3,(H,20,22,24). The lowest BCUT2D eigenvalue weighted by Gasteiger charge is -2.14. The average molecular weight is 481 g/mol. The Bertz CT molecular complexity index is 1030.